The van der Waals surface area contributed by atoms with E-state index in [9.17, 15) is 0 Å². The summed E-state index contributed by atoms with van der Waals surface area (Å²) in [6, 6.07) is 7.89. The summed E-state index contributed by atoms with van der Waals surface area (Å²) in [5.74, 6) is 1.41. The van der Waals surface area contributed by atoms with Crippen molar-refractivity contribution in [3.63, 3.8) is 0 Å². The van der Waals surface area contributed by atoms with Gasteiger partial charge in [-0.15, -0.1) is 0 Å². The van der Waals surface area contributed by atoms with Crippen molar-refractivity contribution < 1.29 is 9.47 Å². The molecule has 1 aromatic carbocycles. The van der Waals surface area contributed by atoms with Gasteiger partial charge in [-0.25, -0.2) is 0 Å². The van der Waals surface area contributed by atoms with E-state index in [0.717, 1.165) is 36.3 Å². The lowest BCUT2D eigenvalue weighted by molar-refractivity contribution is 0.00745. The maximum atomic E-state index is 5.94. The molecule has 0 aliphatic carbocycles. The molecule has 1 unspecified atom stereocenters. The Morgan fingerprint density at radius 2 is 2.37 bits per heavy atom. The zero-order chi connectivity index (χ0) is 13.1. The van der Waals surface area contributed by atoms with Crippen LogP contribution in [-0.4, -0.2) is 29.5 Å². The Bertz CT molecular complexity index is 547. The minimum atomic E-state index is 0.144. The van der Waals surface area contributed by atoms with E-state index in [1.807, 2.05) is 24.3 Å². The van der Waals surface area contributed by atoms with Gasteiger partial charge in [0.15, 0.2) is 0 Å². The number of aromatic amines is 1. The fourth-order valence-corrected chi connectivity index (χ4v) is 2.26. The maximum Gasteiger partial charge on any atom is 0.126 e. The van der Waals surface area contributed by atoms with Crippen molar-refractivity contribution in [2.75, 3.05) is 18.9 Å². The summed E-state index contributed by atoms with van der Waals surface area (Å²) in [7, 11) is 0. The average Bonchev–Trinajstić information content (AvgIpc) is 2.86. The minimum Gasteiger partial charge on any atom is -0.488 e. The van der Waals surface area contributed by atoms with Crippen LogP contribution in [-0.2, 0) is 4.74 Å². The second-order valence-electron chi connectivity index (χ2n) is 4.68. The van der Waals surface area contributed by atoms with Gasteiger partial charge in [-0.3, -0.25) is 5.10 Å². The highest BCUT2D eigenvalue weighted by Crippen LogP contribution is 2.28. The lowest BCUT2D eigenvalue weighted by Crippen LogP contribution is -2.27. The van der Waals surface area contributed by atoms with Crippen molar-refractivity contribution >= 4 is 5.82 Å². The summed E-state index contributed by atoms with van der Waals surface area (Å²) >= 11 is 0. The van der Waals surface area contributed by atoms with Crippen LogP contribution < -0.4 is 10.5 Å². The van der Waals surface area contributed by atoms with E-state index in [0.29, 0.717) is 12.4 Å². The van der Waals surface area contributed by atoms with E-state index < -0.39 is 0 Å². The summed E-state index contributed by atoms with van der Waals surface area (Å²) in [4.78, 5) is 0. The maximum absolute atomic E-state index is 5.94. The van der Waals surface area contributed by atoms with Crippen LogP contribution in [0.4, 0.5) is 5.82 Å². The number of nitrogens with one attached hydrogen (secondary N) is 1. The van der Waals surface area contributed by atoms with E-state index >= 15 is 0 Å². The lowest BCUT2D eigenvalue weighted by atomic mass is 10.1. The summed E-state index contributed by atoms with van der Waals surface area (Å²) in [5.41, 5.74) is 7.72. The molecule has 1 atom stereocenters. The first-order chi connectivity index (χ1) is 9.33. The van der Waals surface area contributed by atoms with Crippen LogP contribution >= 0.6 is 0 Å². The van der Waals surface area contributed by atoms with Crippen LogP contribution in [0.15, 0.2) is 30.5 Å². The Labute approximate surface area is 111 Å². The van der Waals surface area contributed by atoms with Crippen molar-refractivity contribution in [1.82, 2.24) is 10.2 Å². The largest absolute Gasteiger partial charge is 0.488 e. The molecule has 100 valence electrons. The quantitative estimate of drug-likeness (QED) is 0.886. The third-order valence-electron chi connectivity index (χ3n) is 3.24. The third kappa shape index (κ3) is 2.71. The highest BCUT2D eigenvalue weighted by molar-refractivity contribution is 5.73. The molecule has 0 bridgehead atoms. The number of hydrogen-bond acceptors (Lipinski definition) is 4. The molecule has 1 fully saturated rings. The van der Waals surface area contributed by atoms with E-state index in [1.165, 1.54) is 0 Å². The second-order valence-corrected chi connectivity index (χ2v) is 4.68. The molecule has 3 rings (SSSR count). The number of nitrogens with zero attached hydrogens (tertiary/aromatic N) is 1. The molecular formula is C14H17N3O2. The second kappa shape index (κ2) is 5.32. The average molecular weight is 259 g/mol. The number of nitrogens with two attached hydrogens (primary N) is 1. The number of ether oxygens (including phenoxy) is 2. The molecule has 19 heavy (non-hydrogen) atoms. The predicted molar refractivity (Wildman–Crippen MR) is 72.9 cm³/mol. The van der Waals surface area contributed by atoms with Gasteiger partial charge in [-0.05, 0) is 30.5 Å². The molecule has 0 radical (unpaired) electrons. The Kier molecular flexibility index (Phi) is 3.37. The summed E-state index contributed by atoms with van der Waals surface area (Å²) < 4.78 is 11.4. The molecule has 2 aromatic rings. The first-order valence-electron chi connectivity index (χ1n) is 6.46. The van der Waals surface area contributed by atoms with E-state index in [-0.39, 0.29) is 6.10 Å². The molecule has 0 spiro atoms. The van der Waals surface area contributed by atoms with Gasteiger partial charge in [-0.1, -0.05) is 12.1 Å². The molecular weight excluding hydrogens is 242 g/mol. The number of nitrogen functional groups attached to an aromatic ring is 1. The van der Waals surface area contributed by atoms with Gasteiger partial charge in [0.2, 0.25) is 0 Å². The van der Waals surface area contributed by atoms with Gasteiger partial charge >= 0.3 is 0 Å². The van der Waals surface area contributed by atoms with Gasteiger partial charge in [0.1, 0.15) is 17.7 Å². The molecule has 1 aliphatic heterocycles. The SMILES string of the molecule is Nc1[nH]ncc1-c1cccc(OC2CCCOC2)c1. The fourth-order valence-electron chi connectivity index (χ4n) is 2.26. The van der Waals surface area contributed by atoms with Gasteiger partial charge in [0.05, 0.1) is 12.8 Å². The van der Waals surface area contributed by atoms with E-state index in [1.54, 1.807) is 6.20 Å². The summed E-state index contributed by atoms with van der Waals surface area (Å²) in [5, 5.41) is 6.67. The van der Waals surface area contributed by atoms with Crippen LogP contribution in [0.3, 0.4) is 0 Å². The van der Waals surface area contributed by atoms with E-state index in [2.05, 4.69) is 10.2 Å². The van der Waals surface area contributed by atoms with Crippen LogP contribution in [0.2, 0.25) is 0 Å². The van der Waals surface area contributed by atoms with Crippen LogP contribution in [0.25, 0.3) is 11.1 Å². The molecule has 5 heteroatoms. The van der Waals surface area contributed by atoms with Gasteiger partial charge in [0, 0.05) is 12.2 Å². The number of aromatic nitrogens is 2. The van der Waals surface area contributed by atoms with E-state index in [4.69, 9.17) is 15.2 Å². The molecule has 5 nitrogen and oxygen atoms in total. The van der Waals surface area contributed by atoms with Crippen molar-refractivity contribution in [3.8, 4) is 16.9 Å². The highest BCUT2D eigenvalue weighted by atomic mass is 16.5. The summed E-state index contributed by atoms with van der Waals surface area (Å²) in [6.07, 6.45) is 3.96. The van der Waals surface area contributed by atoms with Gasteiger partial charge < -0.3 is 15.2 Å². The number of anilines is 1. The minimum absolute atomic E-state index is 0.144. The predicted octanol–water partition coefficient (Wildman–Crippen LogP) is 2.22. The van der Waals surface area contributed by atoms with Crippen molar-refractivity contribution in [1.29, 1.82) is 0 Å². The molecule has 0 saturated carbocycles. The van der Waals surface area contributed by atoms with Crippen LogP contribution in [0.5, 0.6) is 5.75 Å². The fraction of sp³-hybridized carbons (Fsp3) is 0.357. The Morgan fingerprint density at radius 3 is 3.11 bits per heavy atom. The number of hydrogen-bond donors (Lipinski definition) is 2. The van der Waals surface area contributed by atoms with Crippen LogP contribution in [0, 0.1) is 0 Å². The summed E-state index contributed by atoms with van der Waals surface area (Å²) in [6.45, 7) is 1.50. The monoisotopic (exact) mass is 259 g/mol. The molecule has 1 aromatic heterocycles. The number of benzene rings is 1. The zero-order valence-corrected chi connectivity index (χ0v) is 10.6. The first kappa shape index (κ1) is 12.0. The zero-order valence-electron chi connectivity index (χ0n) is 10.6. The van der Waals surface area contributed by atoms with Crippen molar-refractivity contribution in [3.05, 3.63) is 30.5 Å². The smallest absolute Gasteiger partial charge is 0.126 e. The number of rotatable bonds is 3. The molecule has 1 saturated heterocycles. The number of H-pyrrole nitrogens is 1. The molecule has 0 amide bonds. The van der Waals surface area contributed by atoms with Gasteiger partial charge in [0.25, 0.3) is 0 Å². The third-order valence-corrected chi connectivity index (χ3v) is 3.24. The Hall–Kier alpha value is -2.01. The Morgan fingerprint density at radius 1 is 1.42 bits per heavy atom. The molecule has 2 heterocycles. The molecule has 1 aliphatic rings. The highest BCUT2D eigenvalue weighted by Gasteiger charge is 2.15. The van der Waals surface area contributed by atoms with Crippen molar-refractivity contribution in [2.45, 2.75) is 18.9 Å². The van der Waals surface area contributed by atoms with Crippen LogP contribution in [0.1, 0.15) is 12.8 Å². The normalized spacial score (nSPS) is 19.3. The topological polar surface area (TPSA) is 73.2 Å². The molecule has 3 N–H and O–H groups in total. The standard InChI is InChI=1S/C14H17N3O2/c15-14-13(8-16-17-14)10-3-1-4-11(7-10)19-12-5-2-6-18-9-12/h1,3-4,7-8,12H,2,5-6,9H2,(H3,15,16,17). The van der Waals surface area contributed by atoms with Crippen molar-refractivity contribution in [2.24, 2.45) is 0 Å². The lowest BCUT2D eigenvalue weighted by Gasteiger charge is -2.23. The van der Waals surface area contributed by atoms with Gasteiger partial charge in [-0.2, -0.15) is 5.10 Å². The first-order valence-corrected chi connectivity index (χ1v) is 6.46. The Balaban J connectivity index is 1.78.